The largest absolute Gasteiger partial charge is 0.491 e. The summed E-state index contributed by atoms with van der Waals surface area (Å²) in [5.41, 5.74) is 2.38. The van der Waals surface area contributed by atoms with Gasteiger partial charge >= 0.3 is 5.97 Å². The second kappa shape index (κ2) is 21.3. The standard InChI is InChI=1S/C41H52FN7O7S3Si/c1-29-26-36(45-46-38(29)44-41-49(28-55-23-25-60(5,6)7)32-15-8-9-16-34(32)57-41)48(21-10-11-24-59(51,52)53)40-43-37(39(50)54-4)35(58-40)17-13-22-56-33-19-18-30(27-31(33)42)14-12-20-47(2)3/h8-9,15-16,18-19,26-27H,10-11,13,17,20-25,28H2,1-7H3,(H,51,52,53)/b44-41-. The Hall–Kier alpha value is -4.55. The Morgan fingerprint density at radius 2 is 1.83 bits per heavy atom. The smallest absolute Gasteiger partial charge is 0.357 e. The summed E-state index contributed by atoms with van der Waals surface area (Å²) in [4.78, 5) is 27.6. The van der Waals surface area contributed by atoms with Gasteiger partial charge in [-0.3, -0.25) is 14.0 Å². The van der Waals surface area contributed by atoms with Crippen LogP contribution in [0.25, 0.3) is 10.2 Å². The molecule has 0 fully saturated rings. The first-order valence-corrected chi connectivity index (χ1v) is 26.4. The highest BCUT2D eigenvalue weighted by Crippen LogP contribution is 2.34. The van der Waals surface area contributed by atoms with E-state index < -0.39 is 35.7 Å². The topological polar surface area (TPSA) is 162 Å². The molecule has 0 amide bonds. The highest BCUT2D eigenvalue weighted by atomic mass is 32.2. The molecule has 0 unspecified atom stereocenters. The number of methoxy groups -OCH3 is 1. The van der Waals surface area contributed by atoms with E-state index in [1.165, 1.54) is 35.8 Å². The molecule has 0 aliphatic heterocycles. The lowest BCUT2D eigenvalue weighted by atomic mass is 10.2. The van der Waals surface area contributed by atoms with Crippen LogP contribution in [0.15, 0.2) is 53.5 Å². The van der Waals surface area contributed by atoms with Gasteiger partial charge in [0.2, 0.25) is 0 Å². The number of aromatic nitrogens is 4. The van der Waals surface area contributed by atoms with Gasteiger partial charge in [-0.05, 0) is 94.7 Å². The van der Waals surface area contributed by atoms with E-state index >= 15 is 0 Å². The number of ether oxygens (including phenoxy) is 3. The summed E-state index contributed by atoms with van der Waals surface area (Å²) in [6.07, 6.45) is 1.31. The lowest BCUT2D eigenvalue weighted by Gasteiger charge is -2.20. The number of halogens is 1. The van der Waals surface area contributed by atoms with Crippen molar-refractivity contribution in [2.75, 3.05) is 58.2 Å². The zero-order valence-electron chi connectivity index (χ0n) is 35.0. The molecule has 0 bridgehead atoms. The molecule has 19 heteroatoms. The SMILES string of the molecule is COC(=O)c1nc(N(CCCCS(=O)(=O)O)c2cc(C)c(/N=c3\sc4ccccc4n3COCC[Si](C)(C)C)nn2)sc1CCCOc1ccc(C#CCN(C)C)cc1F. The van der Waals surface area contributed by atoms with E-state index in [2.05, 4.69) is 46.7 Å². The van der Waals surface area contributed by atoms with Crippen LogP contribution in [0.1, 0.15) is 45.8 Å². The fourth-order valence-electron chi connectivity index (χ4n) is 5.72. The Kier molecular flexibility index (Phi) is 16.5. The number of hydrogen-bond acceptors (Lipinski definition) is 14. The lowest BCUT2D eigenvalue weighted by Crippen LogP contribution is -2.23. The number of esters is 1. The third-order valence-corrected chi connectivity index (χ3v) is 13.6. The van der Waals surface area contributed by atoms with Crippen molar-refractivity contribution in [2.24, 2.45) is 4.99 Å². The predicted molar refractivity (Wildman–Crippen MR) is 238 cm³/mol. The van der Waals surface area contributed by atoms with E-state index in [-0.39, 0.29) is 31.0 Å². The van der Waals surface area contributed by atoms with Crippen LogP contribution in [0.5, 0.6) is 5.75 Å². The van der Waals surface area contributed by atoms with Crippen LogP contribution < -0.4 is 14.4 Å². The maximum absolute atomic E-state index is 14.8. The van der Waals surface area contributed by atoms with E-state index in [1.54, 1.807) is 17.0 Å². The van der Waals surface area contributed by atoms with E-state index in [0.717, 1.165) is 21.8 Å². The van der Waals surface area contributed by atoms with Crippen molar-refractivity contribution >= 4 is 73.8 Å². The third kappa shape index (κ3) is 13.7. The van der Waals surface area contributed by atoms with E-state index in [0.29, 0.717) is 71.2 Å². The molecule has 14 nitrogen and oxygen atoms in total. The fourth-order valence-corrected chi connectivity index (χ4v) is 9.19. The number of carbonyl (C=O) groups excluding carboxylic acids is 1. The molecule has 0 spiro atoms. The van der Waals surface area contributed by atoms with Crippen molar-refractivity contribution in [2.45, 2.75) is 65.0 Å². The second-order valence-electron chi connectivity index (χ2n) is 15.5. The summed E-state index contributed by atoms with van der Waals surface area (Å²) in [7, 11) is -0.359. The van der Waals surface area contributed by atoms with Gasteiger partial charge in [-0.15, -0.1) is 21.5 Å². The summed E-state index contributed by atoms with van der Waals surface area (Å²) in [6, 6.07) is 15.5. The van der Waals surface area contributed by atoms with E-state index in [1.807, 2.05) is 60.8 Å². The number of benzene rings is 2. The molecule has 0 radical (unpaired) electrons. The van der Waals surface area contributed by atoms with Crippen LogP contribution in [-0.4, -0.2) is 105 Å². The number of rotatable bonds is 20. The highest BCUT2D eigenvalue weighted by Gasteiger charge is 2.24. The third-order valence-electron chi connectivity index (χ3n) is 8.92. The fraction of sp³-hybridized carbons (Fsp3) is 0.439. The molecular weight excluding hydrogens is 846 g/mol. The summed E-state index contributed by atoms with van der Waals surface area (Å²) in [5, 5.41) is 9.48. The number of nitrogens with zero attached hydrogens (tertiary/aromatic N) is 7. The number of carbonyl (C=O) groups is 1. The van der Waals surface area contributed by atoms with Crippen LogP contribution in [0.3, 0.4) is 0 Å². The number of aryl methyl sites for hydroxylation is 2. The lowest BCUT2D eigenvalue weighted by molar-refractivity contribution is 0.0593. The molecule has 5 rings (SSSR count). The summed E-state index contributed by atoms with van der Waals surface area (Å²) in [6.45, 7) is 10.8. The van der Waals surface area contributed by atoms with Crippen molar-refractivity contribution in [3.05, 3.63) is 80.8 Å². The highest BCUT2D eigenvalue weighted by molar-refractivity contribution is 7.85. The van der Waals surface area contributed by atoms with Gasteiger partial charge in [0, 0.05) is 31.7 Å². The zero-order valence-corrected chi connectivity index (χ0v) is 38.5. The quantitative estimate of drug-likeness (QED) is 0.0271. The number of thiazole rings is 2. The molecule has 2 aromatic carbocycles. The summed E-state index contributed by atoms with van der Waals surface area (Å²) < 4.78 is 67.2. The van der Waals surface area contributed by atoms with Crippen molar-refractivity contribution < 1.29 is 36.4 Å². The van der Waals surface area contributed by atoms with Crippen molar-refractivity contribution in [1.82, 2.24) is 24.6 Å². The Bertz CT molecular complexity index is 2510. The first kappa shape index (κ1) is 46.5. The number of para-hydroxylation sites is 1. The molecule has 0 aliphatic carbocycles. The molecule has 0 saturated carbocycles. The van der Waals surface area contributed by atoms with Crippen molar-refractivity contribution in [1.29, 1.82) is 0 Å². The molecule has 0 aliphatic rings. The van der Waals surface area contributed by atoms with Crippen LogP contribution in [-0.2, 0) is 32.7 Å². The van der Waals surface area contributed by atoms with Gasteiger partial charge in [-0.2, -0.15) is 13.4 Å². The molecule has 5 aromatic rings. The predicted octanol–water partition coefficient (Wildman–Crippen LogP) is 7.46. The van der Waals surface area contributed by atoms with E-state index in [9.17, 15) is 22.2 Å². The Morgan fingerprint density at radius 1 is 1.05 bits per heavy atom. The number of hydrogen-bond donors (Lipinski definition) is 1. The van der Waals surface area contributed by atoms with Crippen LogP contribution in [0, 0.1) is 24.6 Å². The minimum absolute atomic E-state index is 0.0968. The Labute approximate surface area is 359 Å². The molecule has 1 N–H and O–H groups in total. The molecule has 3 heterocycles. The number of unbranched alkanes of at least 4 members (excludes halogenated alkanes) is 1. The molecule has 60 heavy (non-hydrogen) atoms. The average Bonchev–Trinajstić information content (AvgIpc) is 3.76. The maximum Gasteiger partial charge on any atom is 0.357 e. The molecule has 0 atom stereocenters. The normalized spacial score (nSPS) is 12.2. The van der Waals surface area contributed by atoms with Gasteiger partial charge in [0.15, 0.2) is 38.8 Å². The summed E-state index contributed by atoms with van der Waals surface area (Å²) in [5.74, 6) is 5.27. The van der Waals surface area contributed by atoms with Crippen LogP contribution in [0.2, 0.25) is 25.7 Å². The molecule has 322 valence electrons. The van der Waals surface area contributed by atoms with Gasteiger partial charge < -0.3 is 19.1 Å². The Balaban J connectivity index is 1.39. The molecule has 3 aromatic heterocycles. The minimum Gasteiger partial charge on any atom is -0.491 e. The zero-order chi connectivity index (χ0) is 43.5. The molecule has 0 saturated heterocycles. The van der Waals surface area contributed by atoms with Crippen molar-refractivity contribution in [3.63, 3.8) is 0 Å². The monoisotopic (exact) mass is 897 g/mol. The van der Waals surface area contributed by atoms with Gasteiger partial charge in [-0.25, -0.2) is 14.2 Å². The van der Waals surface area contributed by atoms with Gasteiger partial charge in [0.25, 0.3) is 10.1 Å². The maximum atomic E-state index is 14.8. The average molecular weight is 898 g/mol. The first-order valence-electron chi connectivity index (χ1n) is 19.4. The van der Waals surface area contributed by atoms with Crippen LogP contribution >= 0.6 is 22.7 Å². The Morgan fingerprint density at radius 3 is 2.53 bits per heavy atom. The van der Waals surface area contributed by atoms with Gasteiger partial charge in [0.1, 0.15) is 6.73 Å². The van der Waals surface area contributed by atoms with Gasteiger partial charge in [-0.1, -0.05) is 55.0 Å². The molecular formula is C41H52FN7O7S3Si. The minimum atomic E-state index is -4.17. The number of fused-ring (bicyclic) bond motifs is 1. The van der Waals surface area contributed by atoms with E-state index in [4.69, 9.17) is 19.2 Å². The number of anilines is 2. The van der Waals surface area contributed by atoms with Gasteiger partial charge in [0.05, 0.1) is 36.2 Å². The second-order valence-corrected chi connectivity index (χ2v) is 24.8. The van der Waals surface area contributed by atoms with Crippen LogP contribution in [0.4, 0.5) is 21.2 Å². The van der Waals surface area contributed by atoms with Crippen molar-refractivity contribution in [3.8, 4) is 17.6 Å². The first-order chi connectivity index (χ1) is 28.5. The summed E-state index contributed by atoms with van der Waals surface area (Å²) >= 11 is 2.78.